The van der Waals surface area contributed by atoms with Gasteiger partial charge in [-0.1, -0.05) is 34.1 Å². The van der Waals surface area contributed by atoms with Gasteiger partial charge in [-0.3, -0.25) is 0 Å². The molecule has 1 fully saturated rings. The number of hydrogen-bond donors (Lipinski definition) is 2. The Bertz CT molecular complexity index is 351. The summed E-state index contributed by atoms with van der Waals surface area (Å²) in [6.45, 7) is 2.17. The molecule has 1 aliphatic rings. The first kappa shape index (κ1) is 12.0. The van der Waals surface area contributed by atoms with E-state index >= 15 is 0 Å². The molecule has 1 atom stereocenters. The second kappa shape index (κ2) is 5.27. The number of morpholine rings is 1. The molecule has 2 rings (SSSR count). The average Bonchev–Trinajstić information content (AvgIpc) is 2.33. The molecule has 1 aliphatic heterocycles. The van der Waals surface area contributed by atoms with Gasteiger partial charge >= 0.3 is 0 Å². The Hall–Kier alpha value is -0.420. The molecular weight excluding hydrogens is 270 g/mol. The molecule has 1 saturated heterocycles. The van der Waals surface area contributed by atoms with Crippen LogP contribution >= 0.6 is 15.9 Å². The highest BCUT2D eigenvalue weighted by Crippen LogP contribution is 2.22. The maximum Gasteiger partial charge on any atom is 0.0692 e. The molecule has 1 unspecified atom stereocenters. The second-order valence-corrected chi connectivity index (χ2v) is 5.04. The number of ether oxygens (including phenoxy) is 1. The van der Waals surface area contributed by atoms with E-state index in [2.05, 4.69) is 27.3 Å². The van der Waals surface area contributed by atoms with E-state index < -0.39 is 0 Å². The summed E-state index contributed by atoms with van der Waals surface area (Å²) in [5.41, 5.74) is 0.858. The summed E-state index contributed by atoms with van der Waals surface area (Å²) in [7, 11) is 0. The fourth-order valence-electron chi connectivity index (χ4n) is 1.98. The van der Waals surface area contributed by atoms with Gasteiger partial charge in [0.1, 0.15) is 0 Å². The normalized spacial score (nSPS) is 25.6. The number of hydrogen-bond acceptors (Lipinski definition) is 3. The van der Waals surface area contributed by atoms with Crippen LogP contribution in [0, 0.1) is 0 Å². The largest absolute Gasteiger partial charge is 0.394 e. The number of halogens is 1. The molecule has 0 aromatic heterocycles. The summed E-state index contributed by atoms with van der Waals surface area (Å²) in [6, 6.07) is 8.08. The third-order valence-electron chi connectivity index (χ3n) is 2.91. The average molecular weight is 286 g/mol. The molecule has 0 aliphatic carbocycles. The molecule has 0 amide bonds. The van der Waals surface area contributed by atoms with E-state index in [1.807, 2.05) is 18.2 Å². The van der Waals surface area contributed by atoms with Crippen molar-refractivity contribution in [1.82, 2.24) is 5.32 Å². The smallest absolute Gasteiger partial charge is 0.0692 e. The molecule has 16 heavy (non-hydrogen) atoms. The molecule has 3 nitrogen and oxygen atoms in total. The molecule has 0 radical (unpaired) electrons. The Balaban J connectivity index is 2.15. The fourth-order valence-corrected chi connectivity index (χ4v) is 2.41. The highest BCUT2D eigenvalue weighted by molar-refractivity contribution is 9.10. The Labute approximate surface area is 104 Å². The zero-order valence-electron chi connectivity index (χ0n) is 9.08. The number of nitrogens with one attached hydrogen (secondary N) is 1. The van der Waals surface area contributed by atoms with Crippen LogP contribution in [0.15, 0.2) is 28.7 Å². The number of aliphatic hydroxyl groups is 1. The van der Waals surface area contributed by atoms with Gasteiger partial charge in [-0.25, -0.2) is 0 Å². The van der Waals surface area contributed by atoms with Crippen LogP contribution in [0.25, 0.3) is 0 Å². The molecule has 0 saturated carbocycles. The van der Waals surface area contributed by atoms with Crippen molar-refractivity contribution >= 4 is 15.9 Å². The van der Waals surface area contributed by atoms with Crippen molar-refractivity contribution in [2.75, 3.05) is 26.4 Å². The topological polar surface area (TPSA) is 41.5 Å². The molecule has 0 spiro atoms. The minimum atomic E-state index is -0.331. The third-order valence-corrected chi connectivity index (χ3v) is 3.69. The molecule has 1 aromatic carbocycles. The molecule has 88 valence electrons. The monoisotopic (exact) mass is 285 g/mol. The zero-order valence-corrected chi connectivity index (χ0v) is 10.7. The lowest BCUT2D eigenvalue weighted by molar-refractivity contribution is -0.000787. The minimum Gasteiger partial charge on any atom is -0.394 e. The Morgan fingerprint density at radius 3 is 2.88 bits per heavy atom. The van der Waals surface area contributed by atoms with Gasteiger partial charge in [-0.2, -0.15) is 0 Å². The van der Waals surface area contributed by atoms with Crippen LogP contribution in [0.2, 0.25) is 0 Å². The molecule has 0 bridgehead atoms. The highest BCUT2D eigenvalue weighted by Gasteiger charge is 2.32. The van der Waals surface area contributed by atoms with Crippen molar-refractivity contribution in [3.63, 3.8) is 0 Å². The van der Waals surface area contributed by atoms with Crippen LogP contribution in [0.5, 0.6) is 0 Å². The maximum absolute atomic E-state index is 9.54. The summed E-state index contributed by atoms with van der Waals surface area (Å²) >= 11 is 3.53. The van der Waals surface area contributed by atoms with Gasteiger partial charge in [0.05, 0.1) is 25.4 Å². The predicted octanol–water partition coefficient (Wildman–Crippen LogP) is 1.34. The van der Waals surface area contributed by atoms with Crippen LogP contribution in [-0.4, -0.2) is 37.0 Å². The lowest BCUT2D eigenvalue weighted by atomic mass is 9.91. The van der Waals surface area contributed by atoms with E-state index in [0.717, 1.165) is 24.0 Å². The van der Waals surface area contributed by atoms with Crippen molar-refractivity contribution in [2.24, 2.45) is 0 Å². The SMILES string of the molecule is OCC1(Cc2ccccc2Br)COCCN1. The molecule has 1 aromatic rings. The quantitative estimate of drug-likeness (QED) is 0.881. The summed E-state index contributed by atoms with van der Waals surface area (Å²) < 4.78 is 6.53. The summed E-state index contributed by atoms with van der Waals surface area (Å²) in [6.07, 6.45) is 0.769. The molecular formula is C12H16BrNO2. The van der Waals surface area contributed by atoms with Crippen molar-refractivity contribution in [1.29, 1.82) is 0 Å². The lowest BCUT2D eigenvalue weighted by Gasteiger charge is -2.37. The highest BCUT2D eigenvalue weighted by atomic mass is 79.9. The summed E-state index contributed by atoms with van der Waals surface area (Å²) in [5.74, 6) is 0. The van der Waals surface area contributed by atoms with Gasteiger partial charge in [-0.05, 0) is 18.1 Å². The van der Waals surface area contributed by atoms with Gasteiger partial charge in [0, 0.05) is 11.0 Å². The van der Waals surface area contributed by atoms with Crippen LogP contribution in [0.3, 0.4) is 0 Å². The predicted molar refractivity (Wildman–Crippen MR) is 66.5 cm³/mol. The molecule has 2 N–H and O–H groups in total. The molecule has 1 heterocycles. The Morgan fingerprint density at radius 1 is 1.44 bits per heavy atom. The standard InChI is InChI=1S/C12H16BrNO2/c13-11-4-2-1-3-10(11)7-12(8-15)9-16-6-5-14-12/h1-4,14-15H,5-9H2. The zero-order chi connectivity index (χ0) is 11.4. The van der Waals surface area contributed by atoms with Crippen molar-refractivity contribution < 1.29 is 9.84 Å². The van der Waals surface area contributed by atoms with Crippen LogP contribution in [0.4, 0.5) is 0 Å². The first-order chi connectivity index (χ1) is 7.76. The van der Waals surface area contributed by atoms with E-state index in [9.17, 15) is 5.11 Å². The Kier molecular flexibility index (Phi) is 3.97. The van der Waals surface area contributed by atoms with E-state index in [4.69, 9.17) is 4.74 Å². The van der Waals surface area contributed by atoms with Gasteiger partial charge in [0.25, 0.3) is 0 Å². The first-order valence-electron chi connectivity index (χ1n) is 5.43. The number of benzene rings is 1. The lowest BCUT2D eigenvalue weighted by Crippen LogP contribution is -2.58. The Morgan fingerprint density at radius 2 is 2.25 bits per heavy atom. The number of aliphatic hydroxyl groups excluding tert-OH is 1. The van der Waals surface area contributed by atoms with E-state index in [1.54, 1.807) is 0 Å². The van der Waals surface area contributed by atoms with E-state index in [0.29, 0.717) is 6.61 Å². The summed E-state index contributed by atoms with van der Waals surface area (Å²) in [4.78, 5) is 0. The summed E-state index contributed by atoms with van der Waals surface area (Å²) in [5, 5.41) is 12.9. The second-order valence-electron chi connectivity index (χ2n) is 4.19. The van der Waals surface area contributed by atoms with Gasteiger partial charge in [-0.15, -0.1) is 0 Å². The van der Waals surface area contributed by atoms with E-state index in [-0.39, 0.29) is 12.1 Å². The molecule has 4 heteroatoms. The number of rotatable bonds is 3. The van der Waals surface area contributed by atoms with Crippen molar-refractivity contribution in [2.45, 2.75) is 12.0 Å². The third kappa shape index (κ3) is 2.63. The fraction of sp³-hybridized carbons (Fsp3) is 0.500. The van der Waals surface area contributed by atoms with Crippen molar-refractivity contribution in [3.05, 3.63) is 34.3 Å². The first-order valence-corrected chi connectivity index (χ1v) is 6.22. The van der Waals surface area contributed by atoms with Crippen LogP contribution < -0.4 is 5.32 Å². The van der Waals surface area contributed by atoms with Gasteiger partial charge in [0.15, 0.2) is 0 Å². The van der Waals surface area contributed by atoms with E-state index in [1.165, 1.54) is 5.56 Å². The van der Waals surface area contributed by atoms with Crippen LogP contribution in [-0.2, 0) is 11.2 Å². The minimum absolute atomic E-state index is 0.0916. The maximum atomic E-state index is 9.54. The van der Waals surface area contributed by atoms with Gasteiger partial charge in [0.2, 0.25) is 0 Å². The van der Waals surface area contributed by atoms with Gasteiger partial charge < -0.3 is 15.2 Å². The van der Waals surface area contributed by atoms with Crippen molar-refractivity contribution in [3.8, 4) is 0 Å². The van der Waals surface area contributed by atoms with Crippen LogP contribution in [0.1, 0.15) is 5.56 Å².